The highest BCUT2D eigenvalue weighted by Crippen LogP contribution is 2.23. The molecule has 32 nitrogen and oxygen atoms in total. The molecule has 0 unspecified atom stereocenters. The van der Waals surface area contributed by atoms with E-state index < -0.39 is 169 Å². The standard InChI is InChI=1S/C66H114N16O16S/c1-37(2)28-42(32-53(86)46(74-6)15-9-11-24-68)60(94)77-47(16-12-25-75-65(70)71)54(87)33-43(36-83)61(95)78-48(22-27-99-7)56(89)34-45(39(5)84)62(96)80-50(35-57(90)91)55(88)31-41(14-8-10-23-67)59(93)82-52(30-40-18-20-44(85)21-19-40)64(98)79-49(17-13-26-76-66(72)73)63(97)81-51(58(69)92)29-38(3)4/h18-21,37-39,41-43,45-52,74,83-85H,8-17,22-36,67-68H2,1-7H3,(H2,69,92)(H,77,94)(H,78,95)(H,79,98)(H,80,96)(H,81,97)(H,82,93)(H,90,91)(H4,70,71,75)(H4,72,73,76)/t39-,41-,42-,43+,45+,46+,47+,48+,49+,50+,51+,52+/m1/s1. The van der Waals surface area contributed by atoms with Crippen LogP contribution in [0.5, 0.6) is 5.75 Å². The molecule has 0 aromatic heterocycles. The maximum atomic E-state index is 14.6. The molecular formula is C66H114N16O16S. The predicted molar refractivity (Wildman–Crippen MR) is 376 cm³/mol. The average molecular weight is 1420 g/mol. The van der Waals surface area contributed by atoms with Crippen molar-refractivity contribution in [3.8, 4) is 5.75 Å². The first-order valence-electron chi connectivity index (χ1n) is 33.9. The summed E-state index contributed by atoms with van der Waals surface area (Å²) in [6, 6.07) is -3.38. The van der Waals surface area contributed by atoms with E-state index in [9.17, 15) is 78.0 Å². The number of hydrogen-bond donors (Lipinski definition) is 18. The molecular weight excluding hydrogens is 1300 g/mol. The normalized spacial score (nSPS) is 15.0. The van der Waals surface area contributed by atoms with Gasteiger partial charge in [-0.2, -0.15) is 11.8 Å². The Labute approximate surface area is 585 Å². The van der Waals surface area contributed by atoms with Crippen LogP contribution in [0.3, 0.4) is 0 Å². The van der Waals surface area contributed by atoms with Crippen LogP contribution in [0.2, 0.25) is 0 Å². The lowest BCUT2D eigenvalue weighted by molar-refractivity contribution is -0.142. The Morgan fingerprint density at radius 2 is 0.919 bits per heavy atom. The second-order valence-corrected chi connectivity index (χ2v) is 26.9. The molecule has 0 saturated heterocycles. The molecule has 1 aromatic carbocycles. The molecule has 0 aliphatic carbocycles. The number of primary amides is 1. The first kappa shape index (κ1) is 89.2. The number of amides is 7. The van der Waals surface area contributed by atoms with Crippen LogP contribution in [0, 0.1) is 35.5 Å². The molecule has 0 aliphatic rings. The van der Waals surface area contributed by atoms with E-state index in [4.69, 9.17) is 40.1 Å². The summed E-state index contributed by atoms with van der Waals surface area (Å²) < 4.78 is 0. The number of phenolic OH excluding ortho intramolecular Hbond substituents is 1. The predicted octanol–water partition coefficient (Wildman–Crippen LogP) is -1.72. The summed E-state index contributed by atoms with van der Waals surface area (Å²) >= 11 is 1.29. The van der Waals surface area contributed by atoms with Crippen molar-refractivity contribution in [3.63, 3.8) is 0 Å². The largest absolute Gasteiger partial charge is 0.508 e. The van der Waals surface area contributed by atoms with Gasteiger partial charge in [-0.1, -0.05) is 52.7 Å². The van der Waals surface area contributed by atoms with Crippen LogP contribution in [-0.4, -0.2) is 203 Å². The molecule has 0 spiro atoms. The molecule has 25 N–H and O–H groups in total. The van der Waals surface area contributed by atoms with E-state index in [0.29, 0.717) is 44.2 Å². The summed E-state index contributed by atoms with van der Waals surface area (Å²) in [5.74, 6) is -16.0. The number of aliphatic hydroxyl groups excluding tert-OH is 2. The van der Waals surface area contributed by atoms with Crippen molar-refractivity contribution in [2.75, 3.05) is 51.8 Å². The number of nitrogens with two attached hydrogens (primary N) is 7. The zero-order valence-electron chi connectivity index (χ0n) is 58.6. The van der Waals surface area contributed by atoms with Gasteiger partial charge in [-0.15, -0.1) is 0 Å². The van der Waals surface area contributed by atoms with Gasteiger partial charge in [-0.3, -0.25) is 67.5 Å². The van der Waals surface area contributed by atoms with Crippen LogP contribution in [0.15, 0.2) is 34.3 Å². The van der Waals surface area contributed by atoms with Crippen LogP contribution >= 0.6 is 11.8 Å². The number of hydrogen-bond acceptors (Lipinski definition) is 21. The van der Waals surface area contributed by atoms with Crippen LogP contribution in [0.25, 0.3) is 0 Å². The first-order valence-corrected chi connectivity index (χ1v) is 35.3. The number of carboxylic acids is 1. The summed E-state index contributed by atoms with van der Waals surface area (Å²) in [4.78, 5) is 175. The van der Waals surface area contributed by atoms with Gasteiger partial charge in [0.1, 0.15) is 23.9 Å². The Morgan fingerprint density at radius 1 is 0.485 bits per heavy atom. The number of nitrogens with one attached hydrogen (secondary N) is 7. The van der Waals surface area contributed by atoms with E-state index in [-0.39, 0.29) is 125 Å². The van der Waals surface area contributed by atoms with Gasteiger partial charge in [-0.25, -0.2) is 0 Å². The molecule has 1 aromatic rings. The average Bonchev–Trinajstić information content (AvgIpc) is 0.863. The van der Waals surface area contributed by atoms with E-state index in [1.807, 2.05) is 27.7 Å². The lowest BCUT2D eigenvalue weighted by atomic mass is 9.88. The van der Waals surface area contributed by atoms with Gasteiger partial charge in [0.2, 0.25) is 41.4 Å². The SMILES string of the molecule is CN[C@@H](CCCCN)C(=O)C[C@@H](CC(C)C)C(=O)N[C@@H](CCCN=C(N)N)C(=O)C[C@@H](CO)C(=O)N[C@@H](CCSC)C(=O)C[C@H](C(=O)N[C@@H](CC(=O)O)C(=O)C[C@@H](CCCCN)C(=O)N[C@@H](Cc1ccc(O)cc1)C(=O)N[C@@H](CCCN=C(N)N)C(=O)N[C@@H](CC(C)C)C(N)=O)[C@@H](C)O. The number of nitrogens with zero attached hydrogens (tertiary/aromatic N) is 2. The lowest BCUT2D eigenvalue weighted by Crippen LogP contribution is -2.57. The van der Waals surface area contributed by atoms with Gasteiger partial charge in [-0.05, 0) is 139 Å². The van der Waals surface area contributed by atoms with Crippen LogP contribution < -0.4 is 77.4 Å². The van der Waals surface area contributed by atoms with Gasteiger partial charge in [0.15, 0.2) is 35.1 Å². The van der Waals surface area contributed by atoms with E-state index >= 15 is 0 Å². The Hall–Kier alpha value is -7.85. The molecule has 1 rings (SSSR count). The number of Topliss-reactive ketones (excluding diaryl/α,β-unsaturated/α-hetero) is 4. The summed E-state index contributed by atoms with van der Waals surface area (Å²) in [6.45, 7) is 8.38. The number of phenols is 1. The molecule has 99 heavy (non-hydrogen) atoms. The van der Waals surface area contributed by atoms with E-state index in [1.165, 1.54) is 43.0 Å². The Balaban J connectivity index is 3.65. The quantitative estimate of drug-likeness (QED) is 0.0196. The molecule has 560 valence electrons. The molecule has 0 aliphatic heterocycles. The van der Waals surface area contributed by atoms with Crippen LogP contribution in [0.4, 0.5) is 0 Å². The fourth-order valence-corrected chi connectivity index (χ4v) is 11.4. The number of benzene rings is 1. The third-order valence-electron chi connectivity index (χ3n) is 16.5. The number of ketones is 4. The van der Waals surface area contributed by atoms with Crippen molar-refractivity contribution >= 4 is 94.1 Å². The minimum absolute atomic E-state index is 0.00944. The van der Waals surface area contributed by atoms with Crippen molar-refractivity contribution in [3.05, 3.63) is 29.8 Å². The highest BCUT2D eigenvalue weighted by Gasteiger charge is 2.38. The Morgan fingerprint density at radius 3 is 1.42 bits per heavy atom. The summed E-state index contributed by atoms with van der Waals surface area (Å²) in [5.41, 5.74) is 39.6. The highest BCUT2D eigenvalue weighted by atomic mass is 32.2. The molecule has 12 atom stereocenters. The van der Waals surface area contributed by atoms with Crippen molar-refractivity contribution in [2.24, 2.45) is 85.6 Å². The fraction of sp³-hybridized carbons (Fsp3) is 0.697. The van der Waals surface area contributed by atoms with E-state index in [0.717, 1.165) is 0 Å². The smallest absolute Gasteiger partial charge is 0.305 e. The van der Waals surface area contributed by atoms with Gasteiger partial charge in [0.25, 0.3) is 0 Å². The molecule has 0 radical (unpaired) electrons. The topological polar surface area (TPSA) is 577 Å². The number of aromatic hydroxyl groups is 1. The third kappa shape index (κ3) is 36.7. The van der Waals surface area contributed by atoms with E-state index in [1.54, 1.807) is 13.3 Å². The number of guanidine groups is 2. The number of carbonyl (C=O) groups is 12. The van der Waals surface area contributed by atoms with Crippen molar-refractivity contribution in [1.82, 2.24) is 37.2 Å². The number of carbonyl (C=O) groups excluding carboxylic acids is 11. The van der Waals surface area contributed by atoms with E-state index in [2.05, 4.69) is 47.2 Å². The highest BCUT2D eigenvalue weighted by molar-refractivity contribution is 7.98. The number of thioether (sulfide) groups is 1. The minimum Gasteiger partial charge on any atom is -0.508 e. The van der Waals surface area contributed by atoms with Crippen LogP contribution in [-0.2, 0) is 64.0 Å². The molecule has 0 heterocycles. The second-order valence-electron chi connectivity index (χ2n) is 25.9. The number of unbranched alkanes of at least 4 members (excludes halogenated alkanes) is 2. The molecule has 0 fully saturated rings. The number of aliphatic carboxylic acids is 1. The lowest BCUT2D eigenvalue weighted by Gasteiger charge is -2.27. The number of carboxylic acid groups (broad SMARTS) is 1. The van der Waals surface area contributed by atoms with Crippen molar-refractivity contribution < 1.29 is 78.0 Å². The maximum Gasteiger partial charge on any atom is 0.305 e. The minimum atomic E-state index is -1.87. The van der Waals surface area contributed by atoms with Gasteiger partial charge in [0.05, 0.1) is 55.1 Å². The van der Waals surface area contributed by atoms with Gasteiger partial charge in [0, 0.05) is 57.0 Å². The molecule has 33 heteroatoms. The zero-order chi connectivity index (χ0) is 74.9. The second kappa shape index (κ2) is 48.8. The van der Waals surface area contributed by atoms with Crippen LogP contribution in [0.1, 0.15) is 156 Å². The molecule has 0 bridgehead atoms. The maximum absolute atomic E-state index is 14.6. The number of rotatable bonds is 55. The van der Waals surface area contributed by atoms with Gasteiger partial charge >= 0.3 is 5.97 Å². The monoisotopic (exact) mass is 1420 g/mol. The summed E-state index contributed by atoms with van der Waals surface area (Å²) in [7, 11) is 1.65. The molecule has 7 amide bonds. The van der Waals surface area contributed by atoms with Crippen molar-refractivity contribution in [1.29, 1.82) is 0 Å². The number of likely N-dealkylation sites (N-methyl/N-ethyl adjacent to an activating group) is 1. The van der Waals surface area contributed by atoms with Crippen molar-refractivity contribution in [2.45, 2.75) is 205 Å². The Kier molecular flexibility index (Phi) is 44.0. The fourth-order valence-electron chi connectivity index (χ4n) is 11.0. The zero-order valence-corrected chi connectivity index (χ0v) is 59.4. The first-order chi connectivity index (χ1) is 46.7. The van der Waals surface area contributed by atoms with Gasteiger partial charge < -0.3 is 97.8 Å². The number of aliphatic hydroxyl groups is 2. The Bertz CT molecular complexity index is 2800. The summed E-state index contributed by atoms with van der Waals surface area (Å²) in [6.07, 6.45) is -0.369. The third-order valence-corrected chi connectivity index (χ3v) is 17.1. The summed E-state index contributed by atoms with van der Waals surface area (Å²) in [5, 5.41) is 60.5. The number of aliphatic imine (C=N–C) groups is 2. The molecule has 0 saturated carbocycles.